The maximum absolute atomic E-state index is 13.6. The Labute approximate surface area is 128 Å². The van der Waals surface area contributed by atoms with E-state index >= 15 is 0 Å². The smallest absolute Gasteiger partial charge is 0.231 e. The molecule has 0 atom stereocenters. The summed E-state index contributed by atoms with van der Waals surface area (Å²) < 4.78 is 50.2. The Balaban J connectivity index is 1.58. The standard InChI is InChI=1S/C15H10F3N3O2/c16-8-2-1-7(13(17)14(8)18)5-19-15-20-9-3-11-12(23-6-22-11)4-10(9)21-15/h1-4H,5-6H2,(H2,19,20,21). The molecule has 0 bridgehead atoms. The molecule has 0 fully saturated rings. The third-order valence-corrected chi connectivity index (χ3v) is 3.54. The molecule has 118 valence electrons. The van der Waals surface area contributed by atoms with Crippen molar-refractivity contribution >= 4 is 17.0 Å². The summed E-state index contributed by atoms with van der Waals surface area (Å²) >= 11 is 0. The molecule has 0 unspecified atom stereocenters. The number of benzene rings is 2. The second-order valence-corrected chi connectivity index (χ2v) is 5.00. The van der Waals surface area contributed by atoms with E-state index in [1.54, 1.807) is 12.1 Å². The van der Waals surface area contributed by atoms with Gasteiger partial charge in [-0.2, -0.15) is 0 Å². The van der Waals surface area contributed by atoms with E-state index in [-0.39, 0.29) is 18.9 Å². The van der Waals surface area contributed by atoms with Crippen LogP contribution in [0.3, 0.4) is 0 Å². The molecule has 8 heteroatoms. The fourth-order valence-electron chi connectivity index (χ4n) is 2.36. The lowest BCUT2D eigenvalue weighted by molar-refractivity contribution is 0.174. The number of halogens is 3. The molecule has 2 heterocycles. The van der Waals surface area contributed by atoms with Gasteiger partial charge in [-0.15, -0.1) is 0 Å². The Morgan fingerprint density at radius 2 is 1.87 bits per heavy atom. The van der Waals surface area contributed by atoms with E-state index in [9.17, 15) is 13.2 Å². The minimum atomic E-state index is -1.49. The van der Waals surface area contributed by atoms with Gasteiger partial charge in [-0.05, 0) is 6.07 Å². The highest BCUT2D eigenvalue weighted by Gasteiger charge is 2.17. The van der Waals surface area contributed by atoms with Crippen molar-refractivity contribution in [3.8, 4) is 11.5 Å². The zero-order valence-corrected chi connectivity index (χ0v) is 11.6. The van der Waals surface area contributed by atoms with Gasteiger partial charge >= 0.3 is 0 Å². The van der Waals surface area contributed by atoms with Crippen LogP contribution in [0.25, 0.3) is 11.0 Å². The van der Waals surface area contributed by atoms with Crippen LogP contribution in [-0.4, -0.2) is 16.8 Å². The first-order valence-corrected chi connectivity index (χ1v) is 6.77. The monoisotopic (exact) mass is 321 g/mol. The number of aromatic amines is 1. The average Bonchev–Trinajstić information content (AvgIpc) is 3.14. The number of hydrogen-bond acceptors (Lipinski definition) is 4. The summed E-state index contributed by atoms with van der Waals surface area (Å²) in [5, 5.41) is 2.84. The van der Waals surface area contributed by atoms with Crippen LogP contribution >= 0.6 is 0 Å². The van der Waals surface area contributed by atoms with Crippen molar-refractivity contribution < 1.29 is 22.6 Å². The van der Waals surface area contributed by atoms with Crippen LogP contribution in [0.15, 0.2) is 24.3 Å². The van der Waals surface area contributed by atoms with Crippen LogP contribution in [0, 0.1) is 17.5 Å². The summed E-state index contributed by atoms with van der Waals surface area (Å²) in [7, 11) is 0. The molecule has 0 amide bonds. The first kappa shape index (κ1) is 13.7. The molecule has 0 radical (unpaired) electrons. The Kier molecular flexibility index (Phi) is 3.03. The molecule has 2 aromatic carbocycles. The van der Waals surface area contributed by atoms with Crippen LogP contribution in [-0.2, 0) is 6.54 Å². The molecule has 4 rings (SSSR count). The number of rotatable bonds is 3. The molecule has 1 aliphatic heterocycles. The number of imidazole rings is 1. The summed E-state index contributed by atoms with van der Waals surface area (Å²) in [5.41, 5.74) is 1.35. The first-order valence-electron chi connectivity index (χ1n) is 6.77. The summed E-state index contributed by atoms with van der Waals surface area (Å²) in [6.45, 7) is 0.123. The number of anilines is 1. The number of hydrogen-bond donors (Lipinski definition) is 2. The summed E-state index contributed by atoms with van der Waals surface area (Å²) in [5.74, 6) is -2.34. The van der Waals surface area contributed by atoms with Crippen molar-refractivity contribution in [2.45, 2.75) is 6.54 Å². The number of nitrogens with zero attached hydrogens (tertiary/aromatic N) is 1. The minimum Gasteiger partial charge on any atom is -0.454 e. The van der Waals surface area contributed by atoms with Gasteiger partial charge in [0.1, 0.15) is 0 Å². The third kappa shape index (κ3) is 2.32. The summed E-state index contributed by atoms with van der Waals surface area (Å²) in [6.07, 6.45) is 0. The average molecular weight is 321 g/mol. The van der Waals surface area contributed by atoms with Gasteiger partial charge < -0.3 is 19.8 Å². The van der Waals surface area contributed by atoms with Gasteiger partial charge in [-0.1, -0.05) is 6.07 Å². The molecule has 0 aliphatic carbocycles. The molecular formula is C15H10F3N3O2. The van der Waals surface area contributed by atoms with E-state index in [2.05, 4.69) is 15.3 Å². The molecule has 3 aromatic rings. The van der Waals surface area contributed by atoms with Gasteiger partial charge in [-0.3, -0.25) is 0 Å². The Hall–Kier alpha value is -2.90. The van der Waals surface area contributed by atoms with E-state index in [0.717, 1.165) is 6.07 Å². The normalized spacial score (nSPS) is 12.8. The maximum Gasteiger partial charge on any atom is 0.231 e. The lowest BCUT2D eigenvalue weighted by Crippen LogP contribution is -2.05. The van der Waals surface area contributed by atoms with Crippen molar-refractivity contribution in [3.05, 3.63) is 47.3 Å². The van der Waals surface area contributed by atoms with Gasteiger partial charge in [0.2, 0.25) is 12.7 Å². The summed E-state index contributed by atoms with van der Waals surface area (Å²) in [6, 6.07) is 5.53. The van der Waals surface area contributed by atoms with Crippen molar-refractivity contribution in [3.63, 3.8) is 0 Å². The van der Waals surface area contributed by atoms with Crippen LogP contribution in [0.4, 0.5) is 19.1 Å². The van der Waals surface area contributed by atoms with E-state index in [0.29, 0.717) is 28.5 Å². The Morgan fingerprint density at radius 1 is 1.09 bits per heavy atom. The predicted octanol–water partition coefficient (Wildman–Crippen LogP) is 3.32. The lowest BCUT2D eigenvalue weighted by Gasteiger charge is -2.05. The van der Waals surface area contributed by atoms with Gasteiger partial charge in [0.05, 0.1) is 11.0 Å². The molecule has 23 heavy (non-hydrogen) atoms. The van der Waals surface area contributed by atoms with E-state index < -0.39 is 17.5 Å². The largest absolute Gasteiger partial charge is 0.454 e. The highest BCUT2D eigenvalue weighted by molar-refractivity contribution is 5.81. The number of aromatic nitrogens is 2. The highest BCUT2D eigenvalue weighted by atomic mass is 19.2. The van der Waals surface area contributed by atoms with Crippen LogP contribution in [0.2, 0.25) is 0 Å². The third-order valence-electron chi connectivity index (χ3n) is 3.54. The lowest BCUT2D eigenvalue weighted by atomic mass is 10.2. The number of nitrogens with one attached hydrogen (secondary N) is 2. The zero-order valence-electron chi connectivity index (χ0n) is 11.6. The van der Waals surface area contributed by atoms with Crippen molar-refractivity contribution in [1.29, 1.82) is 0 Å². The quantitative estimate of drug-likeness (QED) is 0.727. The fraction of sp³-hybridized carbons (Fsp3) is 0.133. The molecule has 0 spiro atoms. The highest BCUT2D eigenvalue weighted by Crippen LogP contribution is 2.35. The number of fused-ring (bicyclic) bond motifs is 2. The maximum atomic E-state index is 13.6. The summed E-state index contributed by atoms with van der Waals surface area (Å²) in [4.78, 5) is 7.28. The van der Waals surface area contributed by atoms with Gasteiger partial charge in [0.25, 0.3) is 0 Å². The molecule has 2 N–H and O–H groups in total. The number of H-pyrrole nitrogens is 1. The van der Waals surface area contributed by atoms with E-state index in [1.165, 1.54) is 6.07 Å². The predicted molar refractivity (Wildman–Crippen MR) is 75.9 cm³/mol. The Morgan fingerprint density at radius 3 is 2.70 bits per heavy atom. The van der Waals surface area contributed by atoms with Crippen LogP contribution < -0.4 is 14.8 Å². The molecule has 5 nitrogen and oxygen atoms in total. The molecule has 0 saturated heterocycles. The van der Waals surface area contributed by atoms with Crippen molar-refractivity contribution in [1.82, 2.24) is 9.97 Å². The second-order valence-electron chi connectivity index (χ2n) is 5.00. The van der Waals surface area contributed by atoms with Crippen molar-refractivity contribution in [2.75, 3.05) is 12.1 Å². The minimum absolute atomic E-state index is 0.00137. The molecule has 0 saturated carbocycles. The molecule has 1 aliphatic rings. The van der Waals surface area contributed by atoms with Crippen molar-refractivity contribution in [2.24, 2.45) is 0 Å². The fourth-order valence-corrected chi connectivity index (χ4v) is 2.36. The molecular weight excluding hydrogens is 311 g/mol. The van der Waals surface area contributed by atoms with Crippen LogP contribution in [0.5, 0.6) is 11.5 Å². The topological polar surface area (TPSA) is 59.2 Å². The van der Waals surface area contributed by atoms with E-state index in [4.69, 9.17) is 9.47 Å². The first-order chi connectivity index (χ1) is 11.1. The zero-order chi connectivity index (χ0) is 16.0. The van der Waals surface area contributed by atoms with Gasteiger partial charge in [-0.25, -0.2) is 18.2 Å². The number of ether oxygens (including phenoxy) is 2. The molecule has 1 aromatic heterocycles. The SMILES string of the molecule is Fc1ccc(CNc2nc3cc4c(cc3[nH]2)OCO4)c(F)c1F. The Bertz CT molecular complexity index is 870. The van der Waals surface area contributed by atoms with Crippen LogP contribution in [0.1, 0.15) is 5.56 Å². The van der Waals surface area contributed by atoms with Gasteiger partial charge in [0.15, 0.2) is 29.0 Å². The second kappa shape index (κ2) is 5.08. The van der Waals surface area contributed by atoms with Gasteiger partial charge in [0, 0.05) is 24.2 Å². The van der Waals surface area contributed by atoms with E-state index in [1.807, 2.05) is 0 Å².